The molecule has 0 aromatic heterocycles. The lowest BCUT2D eigenvalue weighted by Gasteiger charge is -2.15. The summed E-state index contributed by atoms with van der Waals surface area (Å²) in [6.07, 6.45) is 4.05. The molecule has 11 heavy (non-hydrogen) atoms. The molecule has 0 aromatic rings. The van der Waals surface area contributed by atoms with Gasteiger partial charge in [0.05, 0.1) is 0 Å². The highest BCUT2D eigenvalue weighted by atomic mass is 33.5. The van der Waals surface area contributed by atoms with E-state index in [2.05, 4.69) is 10.8 Å². The van der Waals surface area contributed by atoms with Crippen LogP contribution in [0.5, 0.6) is 0 Å². The smallest absolute Gasteiger partial charge is 0.0260 e. The van der Waals surface area contributed by atoms with Gasteiger partial charge in [-0.2, -0.15) is 0 Å². The van der Waals surface area contributed by atoms with E-state index in [4.69, 9.17) is 0 Å². The van der Waals surface area contributed by atoms with Crippen LogP contribution in [0.1, 0.15) is 19.3 Å². The molecular formula is C8H8S3. The Bertz CT molecular complexity index is 281. The predicted octanol–water partition coefficient (Wildman–Crippen LogP) is 3.70. The zero-order valence-corrected chi connectivity index (χ0v) is 8.45. The Morgan fingerprint density at radius 3 is 2.36 bits per heavy atom. The summed E-state index contributed by atoms with van der Waals surface area (Å²) in [5, 5.41) is 4.77. The molecule has 1 saturated carbocycles. The summed E-state index contributed by atoms with van der Waals surface area (Å²) >= 11 is 0. The van der Waals surface area contributed by atoms with Crippen LogP contribution in [-0.2, 0) is 0 Å². The topological polar surface area (TPSA) is 0 Å². The Labute approximate surface area is 76.2 Å². The van der Waals surface area contributed by atoms with E-state index in [0.717, 1.165) is 0 Å². The van der Waals surface area contributed by atoms with E-state index in [0.29, 0.717) is 8.55 Å². The minimum atomic E-state index is 0.488. The van der Waals surface area contributed by atoms with E-state index in [9.17, 15) is 0 Å². The molecule has 0 spiro atoms. The second-order valence-electron chi connectivity index (χ2n) is 2.90. The first kappa shape index (κ1) is 6.87. The number of rotatable bonds is 0. The van der Waals surface area contributed by atoms with Gasteiger partial charge in [-0.1, -0.05) is 30.1 Å². The molecule has 0 radical (unpaired) electrons. The van der Waals surface area contributed by atoms with Crippen molar-refractivity contribution in [3.8, 4) is 0 Å². The van der Waals surface area contributed by atoms with Gasteiger partial charge < -0.3 is 0 Å². The van der Waals surface area contributed by atoms with Gasteiger partial charge in [0.2, 0.25) is 0 Å². The molecule has 58 valence electrons. The lowest BCUT2D eigenvalue weighted by molar-refractivity contribution is 0.820. The van der Waals surface area contributed by atoms with Crippen LogP contribution in [0.2, 0.25) is 0 Å². The third-order valence-corrected chi connectivity index (χ3v) is 8.21. The Balaban J connectivity index is 2.16. The molecule has 3 rings (SSSR count). The van der Waals surface area contributed by atoms with E-state index in [1.54, 1.807) is 16.0 Å². The summed E-state index contributed by atoms with van der Waals surface area (Å²) in [5.74, 6) is 0. The average molecular weight is 200 g/mol. The molecule has 3 heteroatoms. The van der Waals surface area contributed by atoms with Crippen LogP contribution in [-0.4, -0.2) is 4.86 Å². The van der Waals surface area contributed by atoms with Crippen molar-refractivity contribution in [1.82, 2.24) is 0 Å². The average Bonchev–Trinajstić information content (AvgIpc) is 2.60. The second-order valence-corrected chi connectivity index (χ2v) is 8.42. The van der Waals surface area contributed by atoms with Gasteiger partial charge in [0.25, 0.3) is 0 Å². The molecule has 2 aliphatic heterocycles. The Morgan fingerprint density at radius 1 is 1.09 bits per heavy atom. The van der Waals surface area contributed by atoms with Crippen molar-refractivity contribution in [2.24, 2.45) is 0 Å². The minimum absolute atomic E-state index is 0.488. The minimum Gasteiger partial charge on any atom is -0.0602 e. The number of hydrogen-bond acceptors (Lipinski definition) is 2. The van der Waals surface area contributed by atoms with E-state index in [-0.39, 0.29) is 0 Å². The van der Waals surface area contributed by atoms with Gasteiger partial charge in [0.1, 0.15) is 0 Å². The molecule has 2 heterocycles. The van der Waals surface area contributed by atoms with E-state index < -0.39 is 0 Å². The lowest BCUT2D eigenvalue weighted by Crippen LogP contribution is -2.07. The van der Waals surface area contributed by atoms with Crippen LogP contribution < -0.4 is 0 Å². The molecule has 0 N–H and O–H groups in total. The fourth-order valence-corrected chi connectivity index (χ4v) is 8.01. The highest BCUT2D eigenvalue weighted by Gasteiger charge is 2.28. The van der Waals surface area contributed by atoms with Crippen molar-refractivity contribution >= 4 is 35.0 Å². The normalized spacial score (nSPS) is 28.5. The van der Waals surface area contributed by atoms with Crippen molar-refractivity contribution in [1.29, 1.82) is 0 Å². The van der Waals surface area contributed by atoms with Crippen LogP contribution in [0.15, 0.2) is 22.0 Å². The largest absolute Gasteiger partial charge is 0.0602 e. The molecule has 0 atom stereocenters. The maximum Gasteiger partial charge on any atom is 0.0260 e. The SMILES string of the molecule is C1=C2CCCC3=CSS(=C23)S1. The van der Waals surface area contributed by atoms with Gasteiger partial charge >= 0.3 is 0 Å². The predicted molar refractivity (Wildman–Crippen MR) is 57.8 cm³/mol. The molecule has 1 fully saturated rings. The number of hydrogen-bond donors (Lipinski definition) is 0. The van der Waals surface area contributed by atoms with E-state index in [1.807, 2.05) is 21.6 Å². The monoisotopic (exact) mass is 200 g/mol. The van der Waals surface area contributed by atoms with Crippen molar-refractivity contribution in [3.63, 3.8) is 0 Å². The standard InChI is InChI=1S/C8H8S3/c1-2-6-4-9-11-8(6)7(3-1)5-10-11/h4-5H,1-3H2. The first-order valence-electron chi connectivity index (χ1n) is 3.79. The molecule has 0 saturated heterocycles. The summed E-state index contributed by atoms with van der Waals surface area (Å²) in [4.78, 5) is 1.71. The van der Waals surface area contributed by atoms with Crippen LogP contribution in [0.25, 0.3) is 0 Å². The maximum atomic E-state index is 2.39. The van der Waals surface area contributed by atoms with Gasteiger partial charge in [0, 0.05) is 4.86 Å². The van der Waals surface area contributed by atoms with Crippen LogP contribution in [0.3, 0.4) is 0 Å². The molecule has 0 bridgehead atoms. The van der Waals surface area contributed by atoms with Gasteiger partial charge in [0.15, 0.2) is 0 Å². The zero-order valence-electron chi connectivity index (χ0n) is 6.00. The molecular weight excluding hydrogens is 192 g/mol. The van der Waals surface area contributed by atoms with Crippen molar-refractivity contribution in [2.45, 2.75) is 19.3 Å². The quantitative estimate of drug-likeness (QED) is 0.432. The van der Waals surface area contributed by atoms with Gasteiger partial charge in [-0.15, -0.1) is 0 Å². The van der Waals surface area contributed by atoms with Crippen LogP contribution >= 0.6 is 30.1 Å². The highest BCUT2D eigenvalue weighted by Crippen LogP contribution is 2.59. The molecule has 0 aromatic carbocycles. The Hall–Kier alpha value is 0.400. The van der Waals surface area contributed by atoms with E-state index in [1.165, 1.54) is 19.3 Å². The maximum absolute atomic E-state index is 2.39. The summed E-state index contributed by atoms with van der Waals surface area (Å²) in [5.41, 5.74) is 3.31. The summed E-state index contributed by atoms with van der Waals surface area (Å²) in [7, 11) is 4.55. The van der Waals surface area contributed by atoms with Gasteiger partial charge in [-0.25, -0.2) is 0 Å². The summed E-state index contributed by atoms with van der Waals surface area (Å²) in [6, 6.07) is 0. The molecule has 0 amide bonds. The van der Waals surface area contributed by atoms with Gasteiger partial charge in [-0.05, 0) is 41.2 Å². The number of allylic oxidation sites excluding steroid dienone is 2. The van der Waals surface area contributed by atoms with Crippen molar-refractivity contribution < 1.29 is 0 Å². The summed E-state index contributed by atoms with van der Waals surface area (Å²) < 4.78 is 0. The van der Waals surface area contributed by atoms with Gasteiger partial charge in [-0.3, -0.25) is 0 Å². The van der Waals surface area contributed by atoms with Crippen molar-refractivity contribution in [3.05, 3.63) is 22.0 Å². The molecule has 3 aliphatic rings. The fraction of sp³-hybridized carbons (Fsp3) is 0.375. The Kier molecular flexibility index (Phi) is 1.52. The molecule has 1 aliphatic carbocycles. The zero-order chi connectivity index (χ0) is 7.26. The first-order chi connectivity index (χ1) is 5.45. The first-order valence-corrected chi connectivity index (χ1v) is 7.81. The molecule has 0 nitrogen and oxygen atoms in total. The molecule has 0 unspecified atom stereocenters. The third kappa shape index (κ3) is 0.910. The fourth-order valence-electron chi connectivity index (χ4n) is 1.66. The lowest BCUT2D eigenvalue weighted by atomic mass is 9.92. The second kappa shape index (κ2) is 2.44. The van der Waals surface area contributed by atoms with E-state index >= 15 is 0 Å². The van der Waals surface area contributed by atoms with Crippen LogP contribution in [0.4, 0.5) is 0 Å². The summed E-state index contributed by atoms with van der Waals surface area (Å²) in [6.45, 7) is 0. The Morgan fingerprint density at radius 2 is 1.73 bits per heavy atom. The third-order valence-electron chi connectivity index (χ3n) is 2.20. The highest BCUT2D eigenvalue weighted by molar-refractivity contribution is 9.17. The van der Waals surface area contributed by atoms with Crippen molar-refractivity contribution in [2.75, 3.05) is 0 Å². The van der Waals surface area contributed by atoms with Crippen LogP contribution in [0, 0.1) is 0 Å².